The van der Waals surface area contributed by atoms with E-state index in [0.717, 1.165) is 12.1 Å². The van der Waals surface area contributed by atoms with Crippen LogP contribution in [0.3, 0.4) is 0 Å². The largest absolute Gasteiger partial charge is 0.313 e. The van der Waals surface area contributed by atoms with Crippen molar-refractivity contribution < 1.29 is 0 Å². The molecule has 0 bridgehead atoms. The number of aryl methyl sites for hydroxylation is 1. The summed E-state index contributed by atoms with van der Waals surface area (Å²) in [7, 11) is 2.00. The molecule has 2 aromatic rings. The molecule has 3 heteroatoms. The van der Waals surface area contributed by atoms with Crippen molar-refractivity contribution in [2.45, 2.75) is 39.3 Å². The van der Waals surface area contributed by atoms with E-state index in [1.165, 1.54) is 11.1 Å². The third kappa shape index (κ3) is 3.44. The van der Waals surface area contributed by atoms with Crippen LogP contribution in [-0.2, 0) is 6.42 Å². The summed E-state index contributed by atoms with van der Waals surface area (Å²) in [6, 6.07) is 11.5. The highest BCUT2D eigenvalue weighted by atomic mass is 15.3. The Morgan fingerprint density at radius 1 is 1.16 bits per heavy atom. The Labute approximate surface area is 115 Å². The first kappa shape index (κ1) is 13.8. The van der Waals surface area contributed by atoms with Crippen molar-refractivity contribution in [2.24, 2.45) is 0 Å². The molecule has 19 heavy (non-hydrogen) atoms. The van der Waals surface area contributed by atoms with Crippen LogP contribution in [0.15, 0.2) is 36.5 Å². The van der Waals surface area contributed by atoms with E-state index in [9.17, 15) is 0 Å². The van der Waals surface area contributed by atoms with E-state index in [1.807, 2.05) is 11.7 Å². The minimum absolute atomic E-state index is 0.316. The number of hydrogen-bond acceptors (Lipinski definition) is 2. The van der Waals surface area contributed by atoms with Gasteiger partial charge in [0.15, 0.2) is 0 Å². The molecular formula is C16H23N3. The van der Waals surface area contributed by atoms with Crippen molar-refractivity contribution in [3.8, 4) is 0 Å². The summed E-state index contributed by atoms with van der Waals surface area (Å²) in [6.45, 7) is 6.40. The van der Waals surface area contributed by atoms with Gasteiger partial charge in [0, 0.05) is 24.7 Å². The highest BCUT2D eigenvalue weighted by Gasteiger charge is 2.12. The van der Waals surface area contributed by atoms with Gasteiger partial charge in [-0.2, -0.15) is 5.10 Å². The van der Waals surface area contributed by atoms with Gasteiger partial charge in [0.1, 0.15) is 0 Å². The standard InChI is InChI=1S/C16H23N3/c1-12(2)19-10-9-15(18-19)11-16(17-4)14-7-5-13(3)6-8-14/h5-10,12,16-17H,11H2,1-4H3. The zero-order valence-electron chi connectivity index (χ0n) is 12.2. The van der Waals surface area contributed by atoms with Gasteiger partial charge in [0.05, 0.1) is 5.69 Å². The van der Waals surface area contributed by atoms with Gasteiger partial charge in [-0.1, -0.05) is 29.8 Å². The van der Waals surface area contributed by atoms with E-state index in [0.29, 0.717) is 12.1 Å². The molecule has 0 aliphatic rings. The van der Waals surface area contributed by atoms with Gasteiger partial charge in [0.2, 0.25) is 0 Å². The molecule has 2 rings (SSSR count). The molecule has 1 unspecified atom stereocenters. The monoisotopic (exact) mass is 257 g/mol. The molecule has 0 radical (unpaired) electrons. The van der Waals surface area contributed by atoms with Crippen LogP contribution in [-0.4, -0.2) is 16.8 Å². The lowest BCUT2D eigenvalue weighted by atomic mass is 10.0. The highest BCUT2D eigenvalue weighted by molar-refractivity contribution is 5.25. The SMILES string of the molecule is CNC(Cc1ccn(C(C)C)n1)c1ccc(C)cc1. The maximum Gasteiger partial charge on any atom is 0.0643 e. The molecule has 0 amide bonds. The van der Waals surface area contributed by atoms with E-state index < -0.39 is 0 Å². The summed E-state index contributed by atoms with van der Waals surface area (Å²) in [5.74, 6) is 0. The molecule has 1 heterocycles. The third-order valence-corrected chi connectivity index (χ3v) is 3.43. The van der Waals surface area contributed by atoms with Crippen LogP contribution in [0.2, 0.25) is 0 Å². The summed E-state index contributed by atoms with van der Waals surface area (Å²) in [5.41, 5.74) is 3.74. The average molecular weight is 257 g/mol. The fourth-order valence-electron chi connectivity index (χ4n) is 2.17. The number of nitrogens with one attached hydrogen (secondary N) is 1. The molecular weight excluding hydrogens is 234 g/mol. The highest BCUT2D eigenvalue weighted by Crippen LogP contribution is 2.18. The van der Waals surface area contributed by atoms with Crippen molar-refractivity contribution in [2.75, 3.05) is 7.05 Å². The maximum atomic E-state index is 4.62. The first-order valence-corrected chi connectivity index (χ1v) is 6.88. The zero-order valence-corrected chi connectivity index (χ0v) is 12.2. The van der Waals surface area contributed by atoms with E-state index in [1.54, 1.807) is 0 Å². The number of benzene rings is 1. The number of hydrogen-bond donors (Lipinski definition) is 1. The van der Waals surface area contributed by atoms with Gasteiger partial charge in [-0.25, -0.2) is 0 Å². The van der Waals surface area contributed by atoms with E-state index in [2.05, 4.69) is 67.7 Å². The molecule has 0 saturated heterocycles. The summed E-state index contributed by atoms with van der Waals surface area (Å²) < 4.78 is 2.01. The Bertz CT molecular complexity index is 511. The summed E-state index contributed by atoms with van der Waals surface area (Å²) >= 11 is 0. The van der Waals surface area contributed by atoms with E-state index >= 15 is 0 Å². The minimum atomic E-state index is 0.316. The first-order chi connectivity index (χ1) is 9.10. The van der Waals surface area contributed by atoms with Crippen LogP contribution < -0.4 is 5.32 Å². The van der Waals surface area contributed by atoms with Gasteiger partial charge in [-0.15, -0.1) is 0 Å². The molecule has 1 aromatic heterocycles. The lowest BCUT2D eigenvalue weighted by Crippen LogP contribution is -2.19. The fraction of sp³-hybridized carbons (Fsp3) is 0.438. The van der Waals surface area contributed by atoms with Gasteiger partial charge in [-0.3, -0.25) is 4.68 Å². The third-order valence-electron chi connectivity index (χ3n) is 3.43. The van der Waals surface area contributed by atoms with Crippen molar-refractivity contribution in [1.82, 2.24) is 15.1 Å². The second-order valence-corrected chi connectivity index (χ2v) is 5.34. The molecule has 1 N–H and O–H groups in total. The average Bonchev–Trinajstić information content (AvgIpc) is 2.86. The molecule has 0 spiro atoms. The predicted molar refractivity (Wildman–Crippen MR) is 79.3 cm³/mol. The van der Waals surface area contributed by atoms with Gasteiger partial charge < -0.3 is 5.32 Å². The van der Waals surface area contributed by atoms with Gasteiger partial charge >= 0.3 is 0 Å². The quantitative estimate of drug-likeness (QED) is 0.891. The molecule has 1 aromatic carbocycles. The maximum absolute atomic E-state index is 4.62. The Morgan fingerprint density at radius 3 is 2.37 bits per heavy atom. The Kier molecular flexibility index (Phi) is 4.38. The lowest BCUT2D eigenvalue weighted by molar-refractivity contribution is 0.515. The van der Waals surface area contributed by atoms with Crippen LogP contribution in [0.5, 0.6) is 0 Å². The summed E-state index contributed by atoms with van der Waals surface area (Å²) in [4.78, 5) is 0. The second-order valence-electron chi connectivity index (χ2n) is 5.34. The van der Waals surface area contributed by atoms with E-state index in [4.69, 9.17) is 0 Å². The summed E-state index contributed by atoms with van der Waals surface area (Å²) in [6.07, 6.45) is 2.97. The molecule has 3 nitrogen and oxygen atoms in total. The van der Waals surface area contributed by atoms with E-state index in [-0.39, 0.29) is 0 Å². The Morgan fingerprint density at radius 2 is 1.84 bits per heavy atom. The number of nitrogens with zero attached hydrogens (tertiary/aromatic N) is 2. The predicted octanol–water partition coefficient (Wildman–Crippen LogP) is 3.28. The van der Waals surface area contributed by atoms with Gasteiger partial charge in [-0.05, 0) is 39.4 Å². The number of aromatic nitrogens is 2. The minimum Gasteiger partial charge on any atom is -0.313 e. The fourth-order valence-corrected chi connectivity index (χ4v) is 2.17. The molecule has 102 valence electrons. The van der Waals surface area contributed by atoms with Crippen LogP contribution in [0.1, 0.15) is 42.8 Å². The Balaban J connectivity index is 2.12. The smallest absolute Gasteiger partial charge is 0.0643 e. The van der Waals surface area contributed by atoms with Crippen LogP contribution in [0.25, 0.3) is 0 Å². The Hall–Kier alpha value is -1.61. The zero-order chi connectivity index (χ0) is 13.8. The van der Waals surface area contributed by atoms with Crippen LogP contribution >= 0.6 is 0 Å². The molecule has 0 saturated carbocycles. The molecule has 1 atom stereocenters. The topological polar surface area (TPSA) is 29.9 Å². The second kappa shape index (κ2) is 6.02. The number of likely N-dealkylation sites (N-methyl/N-ethyl adjacent to an activating group) is 1. The normalized spacial score (nSPS) is 12.9. The van der Waals surface area contributed by atoms with Crippen molar-refractivity contribution in [3.63, 3.8) is 0 Å². The first-order valence-electron chi connectivity index (χ1n) is 6.88. The molecule has 0 fully saturated rings. The lowest BCUT2D eigenvalue weighted by Gasteiger charge is -2.15. The van der Waals surface area contributed by atoms with Crippen molar-refractivity contribution in [1.29, 1.82) is 0 Å². The van der Waals surface area contributed by atoms with Crippen LogP contribution in [0, 0.1) is 6.92 Å². The summed E-state index contributed by atoms with van der Waals surface area (Å²) in [5, 5.41) is 7.99. The number of rotatable bonds is 5. The van der Waals surface area contributed by atoms with Gasteiger partial charge in [0.25, 0.3) is 0 Å². The van der Waals surface area contributed by atoms with Crippen LogP contribution in [0.4, 0.5) is 0 Å². The van der Waals surface area contributed by atoms with Crippen molar-refractivity contribution in [3.05, 3.63) is 53.3 Å². The molecule has 0 aliphatic carbocycles. The van der Waals surface area contributed by atoms with Crippen molar-refractivity contribution >= 4 is 0 Å². The molecule has 0 aliphatic heterocycles.